The van der Waals surface area contributed by atoms with Crippen molar-refractivity contribution in [3.8, 4) is 0 Å². The van der Waals surface area contributed by atoms with E-state index in [4.69, 9.17) is 0 Å². The van der Waals surface area contributed by atoms with Gasteiger partial charge in [-0.25, -0.2) is 4.98 Å². The van der Waals surface area contributed by atoms with Crippen molar-refractivity contribution in [1.82, 2.24) is 14.5 Å². The van der Waals surface area contributed by atoms with Gasteiger partial charge in [-0.3, -0.25) is 9.59 Å². The van der Waals surface area contributed by atoms with Gasteiger partial charge in [0.15, 0.2) is 0 Å². The molecular weight excluding hydrogens is 405 g/mol. The monoisotopic (exact) mass is 422 g/mol. The van der Waals surface area contributed by atoms with E-state index in [1.165, 1.54) is 17.0 Å². The number of benzene rings is 2. The maximum Gasteiger partial charge on any atom is 0.449 e. The summed E-state index contributed by atoms with van der Waals surface area (Å²) in [4.78, 5) is 29.8. The largest absolute Gasteiger partial charge is 0.449 e. The summed E-state index contributed by atoms with van der Waals surface area (Å²) in [6, 6.07) is 12.6. The molecule has 3 aromatic rings. The number of para-hydroxylation sites is 2. The van der Waals surface area contributed by atoms with Crippen LogP contribution in [0.15, 0.2) is 53.4 Å². The smallest absolute Gasteiger partial charge is 0.339 e. The molecule has 2 amide bonds. The number of alkyl halides is 3. The summed E-state index contributed by atoms with van der Waals surface area (Å²) >= 11 is 1.03. The van der Waals surface area contributed by atoms with E-state index in [-0.39, 0.29) is 16.3 Å². The van der Waals surface area contributed by atoms with Crippen LogP contribution in [0.2, 0.25) is 0 Å². The molecule has 0 atom stereocenters. The molecule has 6 nitrogen and oxygen atoms in total. The summed E-state index contributed by atoms with van der Waals surface area (Å²) in [6.07, 6.45) is -4.68. The van der Waals surface area contributed by atoms with Gasteiger partial charge in [0, 0.05) is 24.7 Å². The summed E-state index contributed by atoms with van der Waals surface area (Å²) in [7, 11) is 3.28. The second-order valence-corrected chi connectivity index (χ2v) is 7.37. The number of amides is 2. The van der Waals surface area contributed by atoms with Gasteiger partial charge in [0.2, 0.25) is 11.7 Å². The van der Waals surface area contributed by atoms with Gasteiger partial charge in [-0.15, -0.1) is 0 Å². The number of imidazole rings is 1. The maximum absolute atomic E-state index is 13.3. The number of thioether (sulfide) groups is 1. The summed E-state index contributed by atoms with van der Waals surface area (Å²) in [5, 5.41) is 2.42. The van der Waals surface area contributed by atoms with Crippen LogP contribution in [0.4, 0.5) is 23.7 Å². The summed E-state index contributed by atoms with van der Waals surface area (Å²) in [5.41, 5.74) is 0.804. The normalized spacial score (nSPS) is 11.5. The summed E-state index contributed by atoms with van der Waals surface area (Å²) < 4.78 is 40.8. The van der Waals surface area contributed by atoms with E-state index in [1.807, 2.05) is 0 Å². The Bertz CT molecular complexity index is 1050. The maximum atomic E-state index is 13.3. The lowest BCUT2D eigenvalue weighted by molar-refractivity contribution is -0.147. The molecule has 1 aromatic heterocycles. The molecule has 0 saturated heterocycles. The van der Waals surface area contributed by atoms with Crippen molar-refractivity contribution in [3.05, 3.63) is 54.4 Å². The van der Waals surface area contributed by atoms with Gasteiger partial charge in [-0.05, 0) is 48.2 Å². The number of nitrogens with zero attached hydrogens (tertiary/aromatic N) is 3. The SMILES string of the molecule is CN(C)C(=O)Sc1ccc(NC(=O)Cn2c(C(F)(F)F)nc3ccccc32)cc1. The first kappa shape index (κ1) is 20.7. The van der Waals surface area contributed by atoms with Crippen molar-refractivity contribution in [2.24, 2.45) is 0 Å². The first-order chi connectivity index (χ1) is 13.6. The molecule has 3 rings (SSSR count). The van der Waals surface area contributed by atoms with E-state index in [2.05, 4.69) is 10.3 Å². The molecule has 2 aromatic carbocycles. The Kier molecular flexibility index (Phi) is 5.83. The van der Waals surface area contributed by atoms with Crippen LogP contribution in [0.3, 0.4) is 0 Å². The summed E-state index contributed by atoms with van der Waals surface area (Å²) in [6.45, 7) is -0.537. The van der Waals surface area contributed by atoms with E-state index >= 15 is 0 Å². The van der Waals surface area contributed by atoms with E-state index in [1.54, 1.807) is 50.5 Å². The standard InChI is InChI=1S/C19H17F3N4O2S/c1-25(2)18(28)29-13-9-7-12(8-10-13)23-16(27)11-26-15-6-4-3-5-14(15)24-17(26)19(20,21)22/h3-10H,11H2,1-2H3,(H,23,27). The minimum atomic E-state index is -4.68. The van der Waals surface area contributed by atoms with Gasteiger partial charge in [0.05, 0.1) is 11.0 Å². The van der Waals surface area contributed by atoms with Crippen LogP contribution in [-0.4, -0.2) is 39.7 Å². The number of rotatable bonds is 4. The van der Waals surface area contributed by atoms with Crippen molar-refractivity contribution in [1.29, 1.82) is 0 Å². The molecule has 0 aliphatic carbocycles. The molecule has 0 bridgehead atoms. The molecule has 0 fully saturated rings. The molecule has 0 aliphatic heterocycles. The van der Waals surface area contributed by atoms with Crippen LogP contribution >= 0.6 is 11.8 Å². The topological polar surface area (TPSA) is 67.2 Å². The first-order valence-corrected chi connectivity index (χ1v) is 9.28. The zero-order valence-electron chi connectivity index (χ0n) is 15.5. The molecule has 29 heavy (non-hydrogen) atoms. The van der Waals surface area contributed by atoms with E-state index in [0.29, 0.717) is 10.6 Å². The Morgan fingerprint density at radius 2 is 1.76 bits per heavy atom. The van der Waals surface area contributed by atoms with Gasteiger partial charge >= 0.3 is 6.18 Å². The Balaban J connectivity index is 1.75. The van der Waals surface area contributed by atoms with Crippen LogP contribution in [0.5, 0.6) is 0 Å². The molecule has 1 heterocycles. The van der Waals surface area contributed by atoms with E-state index in [0.717, 1.165) is 16.3 Å². The fourth-order valence-electron chi connectivity index (χ4n) is 2.59. The van der Waals surface area contributed by atoms with Gasteiger partial charge in [0.1, 0.15) is 6.54 Å². The number of carbonyl (C=O) groups excluding carboxylic acids is 2. The number of carbonyl (C=O) groups is 2. The van der Waals surface area contributed by atoms with E-state index < -0.39 is 24.5 Å². The fourth-order valence-corrected chi connectivity index (χ4v) is 3.25. The van der Waals surface area contributed by atoms with Crippen LogP contribution in [0.25, 0.3) is 11.0 Å². The first-order valence-electron chi connectivity index (χ1n) is 8.46. The average molecular weight is 422 g/mol. The van der Waals surface area contributed by atoms with Gasteiger partial charge in [-0.2, -0.15) is 13.2 Å². The lowest BCUT2D eigenvalue weighted by Crippen LogP contribution is -2.23. The second kappa shape index (κ2) is 8.16. The Morgan fingerprint density at radius 3 is 2.38 bits per heavy atom. The molecular formula is C19H17F3N4O2S. The molecule has 0 spiro atoms. The van der Waals surface area contributed by atoms with Crippen molar-refractivity contribution in [2.75, 3.05) is 19.4 Å². The third-order valence-corrected chi connectivity index (χ3v) is 4.97. The number of halogens is 3. The zero-order valence-corrected chi connectivity index (χ0v) is 16.3. The van der Waals surface area contributed by atoms with Crippen molar-refractivity contribution < 1.29 is 22.8 Å². The summed E-state index contributed by atoms with van der Waals surface area (Å²) in [5.74, 6) is -1.74. The predicted molar refractivity (Wildman–Crippen MR) is 105 cm³/mol. The quantitative estimate of drug-likeness (QED) is 0.630. The number of aromatic nitrogens is 2. The van der Waals surface area contributed by atoms with Crippen LogP contribution in [0.1, 0.15) is 5.82 Å². The van der Waals surface area contributed by atoms with Crippen LogP contribution in [-0.2, 0) is 17.5 Å². The zero-order chi connectivity index (χ0) is 21.2. The molecule has 10 heteroatoms. The average Bonchev–Trinajstić information content (AvgIpc) is 3.02. The fraction of sp³-hybridized carbons (Fsp3) is 0.211. The minimum Gasteiger partial charge on any atom is -0.339 e. The third-order valence-electron chi connectivity index (χ3n) is 3.92. The number of hydrogen-bond donors (Lipinski definition) is 1. The molecule has 0 aliphatic rings. The van der Waals surface area contributed by atoms with Crippen molar-refractivity contribution in [3.63, 3.8) is 0 Å². The highest BCUT2D eigenvalue weighted by Crippen LogP contribution is 2.31. The van der Waals surface area contributed by atoms with Crippen LogP contribution < -0.4 is 5.32 Å². The molecule has 0 saturated carbocycles. The Hall–Kier alpha value is -3.01. The molecule has 0 radical (unpaired) electrons. The Morgan fingerprint density at radius 1 is 1.10 bits per heavy atom. The number of hydrogen-bond acceptors (Lipinski definition) is 4. The minimum absolute atomic E-state index is 0.145. The van der Waals surface area contributed by atoms with Gasteiger partial charge < -0.3 is 14.8 Å². The van der Waals surface area contributed by atoms with E-state index in [9.17, 15) is 22.8 Å². The highest BCUT2D eigenvalue weighted by Gasteiger charge is 2.38. The number of anilines is 1. The number of nitrogens with one attached hydrogen (secondary N) is 1. The van der Waals surface area contributed by atoms with Crippen molar-refractivity contribution in [2.45, 2.75) is 17.6 Å². The van der Waals surface area contributed by atoms with Crippen LogP contribution in [0, 0.1) is 0 Å². The highest BCUT2D eigenvalue weighted by atomic mass is 32.2. The highest BCUT2D eigenvalue weighted by molar-refractivity contribution is 8.13. The van der Waals surface area contributed by atoms with Gasteiger partial charge in [-0.1, -0.05) is 12.1 Å². The number of fused-ring (bicyclic) bond motifs is 1. The molecule has 1 N–H and O–H groups in total. The lowest BCUT2D eigenvalue weighted by Gasteiger charge is -2.12. The lowest BCUT2D eigenvalue weighted by atomic mass is 10.3. The second-order valence-electron chi connectivity index (χ2n) is 6.34. The van der Waals surface area contributed by atoms with Gasteiger partial charge in [0.25, 0.3) is 5.24 Å². The molecule has 152 valence electrons. The third kappa shape index (κ3) is 4.89. The Labute approximate surface area is 168 Å². The molecule has 0 unspecified atom stereocenters. The van der Waals surface area contributed by atoms with Crippen molar-refractivity contribution >= 4 is 39.6 Å². The predicted octanol–water partition coefficient (Wildman–Crippen LogP) is 4.47.